The first-order valence-electron chi connectivity index (χ1n) is 9.23. The number of benzene rings is 2. The van der Waals surface area contributed by atoms with E-state index in [1.807, 2.05) is 0 Å². The number of aliphatic carboxylic acids is 1. The molecular weight excluding hydrogens is 408 g/mol. The van der Waals surface area contributed by atoms with E-state index in [1.165, 1.54) is 14.0 Å². The van der Waals surface area contributed by atoms with Gasteiger partial charge < -0.3 is 15.2 Å². The number of rotatable bonds is 6. The lowest BCUT2D eigenvalue weighted by molar-refractivity contribution is -0.141. The first kappa shape index (κ1) is 21.4. The number of carboxylic acid groups (broad SMARTS) is 1. The molecule has 0 aliphatic heterocycles. The van der Waals surface area contributed by atoms with Crippen molar-refractivity contribution in [2.75, 3.05) is 7.11 Å². The largest absolute Gasteiger partial charge is 0.497 e. The van der Waals surface area contributed by atoms with Crippen LogP contribution in [-0.4, -0.2) is 40.6 Å². The highest BCUT2D eigenvalue weighted by atomic mass is 35.5. The molecule has 0 fully saturated rings. The van der Waals surface area contributed by atoms with E-state index in [0.717, 1.165) is 0 Å². The number of hydrogen-bond acceptors (Lipinski definition) is 4. The lowest BCUT2D eigenvalue weighted by Gasteiger charge is -2.10. The SMILES string of the molecule is COc1ccc2c(c1)c(CC(=O)NC(C)C(=O)O)c(C)n2C(=O)c1ccc(Cl)cc1. The third kappa shape index (κ3) is 4.16. The lowest BCUT2D eigenvalue weighted by Crippen LogP contribution is -2.39. The normalized spacial score (nSPS) is 11.9. The maximum atomic E-state index is 13.2. The molecule has 0 saturated carbocycles. The van der Waals surface area contributed by atoms with Crippen molar-refractivity contribution in [2.45, 2.75) is 26.3 Å². The van der Waals surface area contributed by atoms with Crippen LogP contribution in [-0.2, 0) is 16.0 Å². The summed E-state index contributed by atoms with van der Waals surface area (Å²) in [5.41, 5.74) is 2.30. The van der Waals surface area contributed by atoms with Gasteiger partial charge in [-0.25, -0.2) is 0 Å². The van der Waals surface area contributed by atoms with Gasteiger partial charge in [0, 0.05) is 21.7 Å². The summed E-state index contributed by atoms with van der Waals surface area (Å²) in [6, 6.07) is 10.8. The van der Waals surface area contributed by atoms with Crippen LogP contribution in [0.4, 0.5) is 0 Å². The van der Waals surface area contributed by atoms with E-state index in [9.17, 15) is 14.4 Å². The van der Waals surface area contributed by atoms with Crippen LogP contribution in [0.25, 0.3) is 10.9 Å². The summed E-state index contributed by atoms with van der Waals surface area (Å²) in [6.45, 7) is 3.15. The Morgan fingerprint density at radius 2 is 1.83 bits per heavy atom. The van der Waals surface area contributed by atoms with Gasteiger partial charge >= 0.3 is 5.97 Å². The smallest absolute Gasteiger partial charge is 0.325 e. The molecule has 8 heteroatoms. The van der Waals surface area contributed by atoms with Crippen LogP contribution in [0.5, 0.6) is 5.75 Å². The highest BCUT2D eigenvalue weighted by Gasteiger charge is 2.23. The molecule has 0 aliphatic carbocycles. The minimum Gasteiger partial charge on any atom is -0.497 e. The topological polar surface area (TPSA) is 97.6 Å². The molecular formula is C22H21ClN2O5. The van der Waals surface area contributed by atoms with E-state index >= 15 is 0 Å². The maximum Gasteiger partial charge on any atom is 0.325 e. The highest BCUT2D eigenvalue weighted by molar-refractivity contribution is 6.30. The van der Waals surface area contributed by atoms with Gasteiger partial charge in [-0.05, 0) is 61.9 Å². The molecule has 7 nitrogen and oxygen atoms in total. The molecule has 3 rings (SSSR count). The fourth-order valence-electron chi connectivity index (χ4n) is 3.31. The second kappa shape index (κ2) is 8.59. The standard InChI is InChI=1S/C22H21ClN2O5/c1-12(22(28)29)24-20(26)11-17-13(2)25(19-9-8-16(30-3)10-18(17)19)21(27)14-4-6-15(23)7-5-14/h4-10,12H,11H2,1-3H3,(H,24,26)(H,28,29). The Kier molecular flexibility index (Phi) is 6.12. The number of fused-ring (bicyclic) bond motifs is 1. The molecule has 0 spiro atoms. The van der Waals surface area contributed by atoms with Crippen LogP contribution in [0.2, 0.25) is 5.02 Å². The lowest BCUT2D eigenvalue weighted by atomic mass is 10.1. The first-order valence-corrected chi connectivity index (χ1v) is 9.61. The van der Waals surface area contributed by atoms with Gasteiger partial charge in [0.1, 0.15) is 11.8 Å². The summed E-state index contributed by atoms with van der Waals surface area (Å²) in [6.07, 6.45) is -0.0754. The van der Waals surface area contributed by atoms with Crippen LogP contribution >= 0.6 is 11.6 Å². The Morgan fingerprint density at radius 1 is 1.17 bits per heavy atom. The van der Waals surface area contributed by atoms with Crippen LogP contribution in [0, 0.1) is 6.92 Å². The van der Waals surface area contributed by atoms with E-state index in [0.29, 0.717) is 38.5 Å². The van der Waals surface area contributed by atoms with Crippen molar-refractivity contribution >= 4 is 40.3 Å². The van der Waals surface area contributed by atoms with Crippen LogP contribution < -0.4 is 10.1 Å². The summed E-state index contributed by atoms with van der Waals surface area (Å²) in [5, 5.41) is 12.7. The summed E-state index contributed by atoms with van der Waals surface area (Å²) in [5.74, 6) is -1.25. The minimum atomic E-state index is -1.12. The summed E-state index contributed by atoms with van der Waals surface area (Å²) in [4.78, 5) is 36.7. The number of amides is 1. The average molecular weight is 429 g/mol. The van der Waals surface area contributed by atoms with Crippen molar-refractivity contribution in [2.24, 2.45) is 0 Å². The quantitative estimate of drug-likeness (QED) is 0.626. The number of hydrogen-bond donors (Lipinski definition) is 2. The van der Waals surface area contributed by atoms with Crippen molar-refractivity contribution in [3.8, 4) is 5.75 Å². The molecule has 0 saturated heterocycles. The number of nitrogens with zero attached hydrogens (tertiary/aromatic N) is 1. The zero-order valence-corrected chi connectivity index (χ0v) is 17.5. The van der Waals surface area contributed by atoms with Gasteiger partial charge in [-0.3, -0.25) is 19.0 Å². The molecule has 30 heavy (non-hydrogen) atoms. The molecule has 1 atom stereocenters. The summed E-state index contributed by atoms with van der Waals surface area (Å²) < 4.78 is 6.84. The van der Waals surface area contributed by atoms with Gasteiger partial charge in [0.25, 0.3) is 5.91 Å². The first-order chi connectivity index (χ1) is 14.2. The molecule has 1 amide bonds. The number of carbonyl (C=O) groups excluding carboxylic acids is 2. The van der Waals surface area contributed by atoms with Crippen molar-refractivity contribution in [3.63, 3.8) is 0 Å². The molecule has 156 valence electrons. The second-order valence-corrected chi connectivity index (χ2v) is 7.34. The number of halogens is 1. The zero-order valence-electron chi connectivity index (χ0n) is 16.7. The number of carboxylic acids is 1. The molecule has 3 aromatic rings. The molecule has 2 N–H and O–H groups in total. The van der Waals surface area contributed by atoms with Crippen molar-refractivity contribution in [3.05, 3.63) is 64.3 Å². The minimum absolute atomic E-state index is 0.0754. The monoisotopic (exact) mass is 428 g/mol. The van der Waals surface area contributed by atoms with E-state index in [-0.39, 0.29) is 12.3 Å². The average Bonchev–Trinajstić information content (AvgIpc) is 2.98. The third-order valence-corrected chi connectivity index (χ3v) is 5.17. The van der Waals surface area contributed by atoms with Gasteiger partial charge in [0.05, 0.1) is 19.0 Å². The van der Waals surface area contributed by atoms with Crippen LogP contribution in [0.1, 0.15) is 28.5 Å². The van der Waals surface area contributed by atoms with Crippen molar-refractivity contribution < 1.29 is 24.2 Å². The Hall–Kier alpha value is -3.32. The van der Waals surface area contributed by atoms with Gasteiger partial charge in [0.2, 0.25) is 5.91 Å². The van der Waals surface area contributed by atoms with Gasteiger partial charge in [-0.2, -0.15) is 0 Å². The predicted molar refractivity (Wildman–Crippen MR) is 113 cm³/mol. The van der Waals surface area contributed by atoms with Crippen LogP contribution in [0.15, 0.2) is 42.5 Å². The molecule has 1 heterocycles. The van der Waals surface area contributed by atoms with E-state index in [2.05, 4.69) is 5.32 Å². The number of carbonyl (C=O) groups is 3. The highest BCUT2D eigenvalue weighted by Crippen LogP contribution is 2.30. The maximum absolute atomic E-state index is 13.2. The molecule has 0 radical (unpaired) electrons. The second-order valence-electron chi connectivity index (χ2n) is 6.90. The Labute approximate surface area is 178 Å². The van der Waals surface area contributed by atoms with Gasteiger partial charge in [-0.15, -0.1) is 0 Å². The molecule has 2 aromatic carbocycles. The van der Waals surface area contributed by atoms with E-state index in [4.69, 9.17) is 21.4 Å². The number of ether oxygens (including phenoxy) is 1. The van der Waals surface area contributed by atoms with Gasteiger partial charge in [0.15, 0.2) is 0 Å². The predicted octanol–water partition coefficient (Wildman–Crippen LogP) is 3.43. The molecule has 0 aliphatic rings. The summed E-state index contributed by atoms with van der Waals surface area (Å²) in [7, 11) is 1.53. The fourth-order valence-corrected chi connectivity index (χ4v) is 3.44. The number of aromatic nitrogens is 1. The molecule has 1 aromatic heterocycles. The fraction of sp³-hybridized carbons (Fsp3) is 0.227. The number of methoxy groups -OCH3 is 1. The molecule has 0 bridgehead atoms. The van der Waals surface area contributed by atoms with E-state index in [1.54, 1.807) is 54.0 Å². The van der Waals surface area contributed by atoms with Crippen molar-refractivity contribution in [1.29, 1.82) is 0 Å². The van der Waals surface area contributed by atoms with Crippen LogP contribution in [0.3, 0.4) is 0 Å². The number of nitrogens with one attached hydrogen (secondary N) is 1. The van der Waals surface area contributed by atoms with Gasteiger partial charge in [-0.1, -0.05) is 11.6 Å². The third-order valence-electron chi connectivity index (χ3n) is 4.92. The zero-order chi connectivity index (χ0) is 22.0. The van der Waals surface area contributed by atoms with Crippen molar-refractivity contribution in [1.82, 2.24) is 9.88 Å². The molecule has 1 unspecified atom stereocenters. The van der Waals surface area contributed by atoms with E-state index < -0.39 is 17.9 Å². The summed E-state index contributed by atoms with van der Waals surface area (Å²) >= 11 is 5.93. The Bertz CT molecular complexity index is 1130. The Morgan fingerprint density at radius 3 is 2.43 bits per heavy atom. The Balaban J connectivity index is 2.09.